The van der Waals surface area contributed by atoms with E-state index >= 15 is 8.78 Å². The number of rotatable bonds is 7. The summed E-state index contributed by atoms with van der Waals surface area (Å²) in [6, 6.07) is 0.148. The molecule has 3 aliphatic rings. The van der Waals surface area contributed by atoms with E-state index in [4.69, 9.17) is 9.26 Å². The number of halogens is 2. The Hall–Kier alpha value is -2.52. The molecular formula is C25H35F2N5O3. The fraction of sp³-hybridized carbons (Fsp3) is 0.760. The molecule has 0 aromatic carbocycles. The highest BCUT2D eigenvalue weighted by atomic mass is 19.3. The summed E-state index contributed by atoms with van der Waals surface area (Å²) in [6.07, 6.45) is 6.55. The average Bonchev–Trinajstić information content (AvgIpc) is 3.33. The molecule has 2 saturated carbocycles. The first-order chi connectivity index (χ1) is 16.6. The first-order valence-electron chi connectivity index (χ1n) is 12.9. The Morgan fingerprint density at radius 3 is 2.63 bits per heavy atom. The summed E-state index contributed by atoms with van der Waals surface area (Å²) in [4.78, 5) is 19.5. The highest BCUT2D eigenvalue weighted by Crippen LogP contribution is 2.44. The minimum atomic E-state index is -2.94. The normalized spacial score (nSPS) is 26.2. The number of piperidine rings is 1. The fourth-order valence-electron chi connectivity index (χ4n) is 5.22. The van der Waals surface area contributed by atoms with E-state index in [0.29, 0.717) is 62.2 Å². The lowest BCUT2D eigenvalue weighted by Gasteiger charge is -2.40. The first-order valence-corrected chi connectivity index (χ1v) is 12.9. The number of nitrogens with zero attached hydrogens (tertiary/aromatic N) is 5. The second kappa shape index (κ2) is 9.17. The average molecular weight is 492 g/mol. The number of hydrogen-bond acceptors (Lipinski definition) is 6. The topological polar surface area (TPSA) is 86.3 Å². The molecule has 35 heavy (non-hydrogen) atoms. The van der Waals surface area contributed by atoms with E-state index in [-0.39, 0.29) is 30.2 Å². The molecule has 3 heterocycles. The molecule has 0 unspecified atom stereocenters. The lowest BCUT2D eigenvalue weighted by atomic mass is 9.78. The standard InChI is InChI=1S/C25H35F2N5O3/c1-16(2)32-15-18(14-28-32)34-20-5-4-8-25(26,27)19(20)13-21(33)31-11-9-24(3,10-12-31)23-29-22(35-30-23)17-6-7-17/h14-17,19-20H,4-13H2,1-3H3/t19-,20+/m1/s1. The van der Waals surface area contributed by atoms with Crippen LogP contribution in [0, 0.1) is 5.92 Å². The number of aromatic nitrogens is 4. The monoisotopic (exact) mass is 491 g/mol. The van der Waals surface area contributed by atoms with Crippen LogP contribution >= 0.6 is 0 Å². The second-order valence-electron chi connectivity index (χ2n) is 11.0. The van der Waals surface area contributed by atoms with Crippen LogP contribution in [-0.4, -0.2) is 55.8 Å². The number of hydrogen-bond donors (Lipinski definition) is 0. The third-order valence-corrected chi connectivity index (χ3v) is 7.91. The van der Waals surface area contributed by atoms with Crippen molar-refractivity contribution in [1.29, 1.82) is 0 Å². The SMILES string of the molecule is CC(C)n1cc(O[C@H]2CCCC(F)(F)[C@@H]2CC(=O)N2CCC(C)(c3noc(C4CC4)n3)CC2)cn1. The van der Waals surface area contributed by atoms with Crippen LogP contribution in [0.4, 0.5) is 8.78 Å². The highest BCUT2D eigenvalue weighted by molar-refractivity contribution is 5.76. The van der Waals surface area contributed by atoms with E-state index in [9.17, 15) is 4.79 Å². The smallest absolute Gasteiger partial charge is 0.254 e. The molecule has 5 rings (SSSR count). The van der Waals surface area contributed by atoms with Crippen molar-refractivity contribution in [3.63, 3.8) is 0 Å². The lowest BCUT2D eigenvalue weighted by molar-refractivity contribution is -0.152. The molecule has 1 amide bonds. The molecule has 10 heteroatoms. The summed E-state index contributed by atoms with van der Waals surface area (Å²) < 4.78 is 43.2. The van der Waals surface area contributed by atoms with Crippen molar-refractivity contribution in [3.8, 4) is 5.75 Å². The molecule has 1 aliphatic heterocycles. The number of carbonyl (C=O) groups is 1. The maximum absolute atomic E-state index is 15.0. The van der Waals surface area contributed by atoms with Gasteiger partial charge in [0, 0.05) is 43.3 Å². The van der Waals surface area contributed by atoms with Crippen LogP contribution in [0.25, 0.3) is 0 Å². The van der Waals surface area contributed by atoms with E-state index in [1.165, 1.54) is 0 Å². The molecule has 0 N–H and O–H groups in total. The maximum Gasteiger partial charge on any atom is 0.254 e. The molecule has 0 bridgehead atoms. The summed E-state index contributed by atoms with van der Waals surface area (Å²) >= 11 is 0. The van der Waals surface area contributed by atoms with Gasteiger partial charge in [-0.15, -0.1) is 0 Å². The van der Waals surface area contributed by atoms with E-state index in [1.807, 2.05) is 13.8 Å². The van der Waals surface area contributed by atoms with Crippen molar-refractivity contribution in [2.24, 2.45) is 5.92 Å². The van der Waals surface area contributed by atoms with Crippen molar-refractivity contribution in [3.05, 3.63) is 24.1 Å². The van der Waals surface area contributed by atoms with Gasteiger partial charge < -0.3 is 14.2 Å². The molecule has 3 fully saturated rings. The summed E-state index contributed by atoms with van der Waals surface area (Å²) in [5, 5.41) is 8.45. The first kappa shape index (κ1) is 24.2. The van der Waals surface area contributed by atoms with Crippen LogP contribution in [0.15, 0.2) is 16.9 Å². The van der Waals surface area contributed by atoms with Gasteiger partial charge in [-0.1, -0.05) is 12.1 Å². The molecule has 1 saturated heterocycles. The van der Waals surface area contributed by atoms with Crippen LogP contribution in [-0.2, 0) is 10.2 Å². The van der Waals surface area contributed by atoms with Gasteiger partial charge >= 0.3 is 0 Å². The van der Waals surface area contributed by atoms with Crippen LogP contribution in [0.3, 0.4) is 0 Å². The predicted molar refractivity (Wildman–Crippen MR) is 123 cm³/mol. The molecular weight excluding hydrogens is 456 g/mol. The zero-order valence-corrected chi connectivity index (χ0v) is 20.8. The molecule has 2 atom stereocenters. The van der Waals surface area contributed by atoms with Crippen molar-refractivity contribution in [2.75, 3.05) is 13.1 Å². The Bertz CT molecular complexity index is 1040. The Balaban J connectivity index is 1.22. The molecule has 2 aromatic heterocycles. The Morgan fingerprint density at radius 1 is 1.23 bits per heavy atom. The zero-order chi connectivity index (χ0) is 24.8. The molecule has 0 radical (unpaired) electrons. The van der Waals surface area contributed by atoms with Crippen molar-refractivity contribution < 1.29 is 22.8 Å². The van der Waals surface area contributed by atoms with Gasteiger partial charge in [0.2, 0.25) is 11.8 Å². The quantitative estimate of drug-likeness (QED) is 0.549. The maximum atomic E-state index is 15.0. The summed E-state index contributed by atoms with van der Waals surface area (Å²) in [5.74, 6) is -2.06. The van der Waals surface area contributed by atoms with Gasteiger partial charge in [-0.25, -0.2) is 8.78 Å². The molecule has 0 spiro atoms. The molecule has 2 aromatic rings. The minimum Gasteiger partial charge on any atom is -0.487 e. The van der Waals surface area contributed by atoms with Gasteiger partial charge in [-0.2, -0.15) is 10.1 Å². The third-order valence-electron chi connectivity index (χ3n) is 7.91. The van der Waals surface area contributed by atoms with Gasteiger partial charge in [0.25, 0.3) is 5.92 Å². The molecule has 8 nitrogen and oxygen atoms in total. The largest absolute Gasteiger partial charge is 0.487 e. The van der Waals surface area contributed by atoms with Gasteiger partial charge in [0.15, 0.2) is 11.6 Å². The minimum absolute atomic E-state index is 0.148. The van der Waals surface area contributed by atoms with Crippen LogP contribution in [0.1, 0.15) is 95.8 Å². The van der Waals surface area contributed by atoms with Gasteiger partial charge in [-0.3, -0.25) is 9.48 Å². The summed E-state index contributed by atoms with van der Waals surface area (Å²) in [5.41, 5.74) is -0.273. The van der Waals surface area contributed by atoms with Gasteiger partial charge in [0.1, 0.15) is 6.10 Å². The zero-order valence-electron chi connectivity index (χ0n) is 20.8. The molecule has 192 valence electrons. The number of amides is 1. The number of ether oxygens (including phenoxy) is 1. The van der Waals surface area contributed by atoms with E-state index in [0.717, 1.165) is 12.8 Å². The Morgan fingerprint density at radius 2 is 1.97 bits per heavy atom. The van der Waals surface area contributed by atoms with Crippen LogP contribution in [0.5, 0.6) is 5.75 Å². The number of likely N-dealkylation sites (tertiary alicyclic amines) is 1. The fourth-order valence-corrected chi connectivity index (χ4v) is 5.22. The van der Waals surface area contributed by atoms with Crippen LogP contribution in [0.2, 0.25) is 0 Å². The van der Waals surface area contributed by atoms with Crippen molar-refractivity contribution in [2.45, 2.75) is 102 Å². The Kier molecular flexibility index (Phi) is 6.34. The Labute approximate surface area is 204 Å². The van der Waals surface area contributed by atoms with E-state index < -0.39 is 17.9 Å². The summed E-state index contributed by atoms with van der Waals surface area (Å²) in [6.45, 7) is 7.05. The van der Waals surface area contributed by atoms with E-state index in [1.54, 1.807) is 22.0 Å². The lowest BCUT2D eigenvalue weighted by Crippen LogP contribution is -2.49. The van der Waals surface area contributed by atoms with Crippen LogP contribution < -0.4 is 4.74 Å². The molecule has 2 aliphatic carbocycles. The van der Waals surface area contributed by atoms with Gasteiger partial charge in [-0.05, 0) is 52.4 Å². The highest BCUT2D eigenvalue weighted by Gasteiger charge is 2.50. The van der Waals surface area contributed by atoms with Crippen molar-refractivity contribution >= 4 is 5.91 Å². The van der Waals surface area contributed by atoms with Crippen molar-refractivity contribution in [1.82, 2.24) is 24.8 Å². The summed E-state index contributed by atoms with van der Waals surface area (Å²) in [7, 11) is 0. The second-order valence-corrected chi connectivity index (χ2v) is 11.0. The third kappa shape index (κ3) is 5.07. The number of carbonyl (C=O) groups excluding carboxylic acids is 1. The predicted octanol–water partition coefficient (Wildman–Crippen LogP) is 4.88. The van der Waals surface area contributed by atoms with Gasteiger partial charge in [0.05, 0.1) is 18.3 Å². The van der Waals surface area contributed by atoms with E-state index in [2.05, 4.69) is 22.2 Å². The number of alkyl halides is 2.